The van der Waals surface area contributed by atoms with Crippen LogP contribution in [0.4, 0.5) is 11.4 Å². The lowest BCUT2D eigenvalue weighted by atomic mass is 10.1. The van der Waals surface area contributed by atoms with Crippen molar-refractivity contribution in [3.63, 3.8) is 0 Å². The van der Waals surface area contributed by atoms with Crippen molar-refractivity contribution in [2.75, 3.05) is 18.5 Å². The Morgan fingerprint density at radius 3 is 2.95 bits per heavy atom. The lowest BCUT2D eigenvalue weighted by Crippen LogP contribution is -2.33. The first-order valence-electron chi connectivity index (χ1n) is 6.64. The number of hydrogen-bond acceptors (Lipinski definition) is 6. The van der Waals surface area contributed by atoms with Gasteiger partial charge in [-0.05, 0) is 12.5 Å². The summed E-state index contributed by atoms with van der Waals surface area (Å²) in [5.41, 5.74) is 1.79. The zero-order valence-electron chi connectivity index (χ0n) is 11.5. The summed E-state index contributed by atoms with van der Waals surface area (Å²) in [6, 6.07) is 5.00. The molecule has 1 atom stereocenters. The van der Waals surface area contributed by atoms with Crippen LogP contribution in [0.15, 0.2) is 24.4 Å². The molecule has 8 heteroatoms. The van der Waals surface area contributed by atoms with E-state index < -0.39 is 4.92 Å². The molecule has 8 nitrogen and oxygen atoms in total. The molecule has 0 saturated carbocycles. The zero-order chi connectivity index (χ0) is 14.8. The highest BCUT2D eigenvalue weighted by atomic mass is 16.6. The molecule has 3 rings (SSSR count). The molecular formula is C13H15N5O3. The van der Waals surface area contributed by atoms with Crippen LogP contribution in [0.3, 0.4) is 0 Å². The molecule has 0 radical (unpaired) electrons. The number of nitro benzene ring substituents is 1. The summed E-state index contributed by atoms with van der Waals surface area (Å²) in [7, 11) is 1.75. The van der Waals surface area contributed by atoms with E-state index in [4.69, 9.17) is 4.74 Å². The minimum absolute atomic E-state index is 0.0254. The highest BCUT2D eigenvalue weighted by Crippen LogP contribution is 2.30. The minimum atomic E-state index is -0.399. The fraction of sp³-hybridized carbons (Fsp3) is 0.385. The van der Waals surface area contributed by atoms with Crippen molar-refractivity contribution in [2.45, 2.75) is 12.5 Å². The van der Waals surface area contributed by atoms with Gasteiger partial charge in [0.2, 0.25) is 0 Å². The Balaban J connectivity index is 1.84. The van der Waals surface area contributed by atoms with Gasteiger partial charge in [0.25, 0.3) is 5.69 Å². The summed E-state index contributed by atoms with van der Waals surface area (Å²) in [5, 5.41) is 22.1. The molecule has 0 aliphatic carbocycles. The second-order valence-electron chi connectivity index (χ2n) is 4.93. The van der Waals surface area contributed by atoms with E-state index in [0.29, 0.717) is 23.5 Å². The minimum Gasteiger partial charge on any atom is -0.377 e. The second-order valence-corrected chi connectivity index (χ2v) is 4.93. The smallest absolute Gasteiger partial charge is 0.292 e. The Morgan fingerprint density at radius 1 is 1.57 bits per heavy atom. The number of ether oxygens (including phenoxy) is 1. The fourth-order valence-corrected chi connectivity index (χ4v) is 2.14. The predicted octanol–water partition coefficient (Wildman–Crippen LogP) is 1.59. The molecule has 0 unspecified atom stereocenters. The van der Waals surface area contributed by atoms with Crippen LogP contribution in [0.2, 0.25) is 0 Å². The maximum atomic E-state index is 11.2. The normalized spacial score (nSPS) is 17.3. The van der Waals surface area contributed by atoms with Crippen LogP contribution in [-0.2, 0) is 11.8 Å². The van der Waals surface area contributed by atoms with E-state index in [1.807, 2.05) is 0 Å². The summed E-state index contributed by atoms with van der Waals surface area (Å²) >= 11 is 0. The maximum absolute atomic E-state index is 11.2. The number of nitrogens with one attached hydrogen (secondary N) is 1. The first kappa shape index (κ1) is 13.5. The van der Waals surface area contributed by atoms with Crippen LogP contribution in [0, 0.1) is 10.1 Å². The van der Waals surface area contributed by atoms with Gasteiger partial charge >= 0.3 is 0 Å². The molecular weight excluding hydrogens is 274 g/mol. The van der Waals surface area contributed by atoms with Crippen molar-refractivity contribution in [3.8, 4) is 11.3 Å². The number of anilines is 1. The van der Waals surface area contributed by atoms with Crippen molar-refractivity contribution in [1.29, 1.82) is 0 Å². The number of rotatable bonds is 5. The topological polar surface area (TPSA) is 95.1 Å². The van der Waals surface area contributed by atoms with Gasteiger partial charge in [-0.15, -0.1) is 5.10 Å². The van der Waals surface area contributed by atoms with Gasteiger partial charge in [0.05, 0.1) is 17.2 Å². The van der Waals surface area contributed by atoms with Crippen molar-refractivity contribution >= 4 is 11.4 Å². The number of aromatic nitrogens is 3. The molecule has 1 N–H and O–H groups in total. The van der Waals surface area contributed by atoms with E-state index in [-0.39, 0.29) is 11.8 Å². The zero-order valence-corrected chi connectivity index (χ0v) is 11.5. The summed E-state index contributed by atoms with van der Waals surface area (Å²) in [4.78, 5) is 10.8. The van der Waals surface area contributed by atoms with Gasteiger partial charge in [0, 0.05) is 31.8 Å². The number of nitro groups is 1. The van der Waals surface area contributed by atoms with Crippen LogP contribution in [0.1, 0.15) is 6.42 Å². The Hall–Kier alpha value is -2.48. The van der Waals surface area contributed by atoms with Gasteiger partial charge in [-0.3, -0.25) is 14.8 Å². The first-order valence-corrected chi connectivity index (χ1v) is 6.64. The van der Waals surface area contributed by atoms with E-state index in [1.54, 1.807) is 30.1 Å². The number of benzene rings is 1. The Bertz CT molecular complexity index is 666. The molecule has 0 amide bonds. The van der Waals surface area contributed by atoms with Gasteiger partial charge in [-0.1, -0.05) is 11.3 Å². The van der Waals surface area contributed by atoms with Gasteiger partial charge in [0.15, 0.2) is 0 Å². The van der Waals surface area contributed by atoms with Crippen molar-refractivity contribution < 1.29 is 9.66 Å². The molecule has 21 heavy (non-hydrogen) atoms. The van der Waals surface area contributed by atoms with Crippen LogP contribution in [0.5, 0.6) is 0 Å². The van der Waals surface area contributed by atoms with E-state index >= 15 is 0 Å². The Morgan fingerprint density at radius 2 is 2.38 bits per heavy atom. The van der Waals surface area contributed by atoms with Gasteiger partial charge in [-0.2, -0.15) is 0 Å². The third-order valence-corrected chi connectivity index (χ3v) is 3.41. The fourth-order valence-electron chi connectivity index (χ4n) is 2.14. The second kappa shape index (κ2) is 5.49. The predicted molar refractivity (Wildman–Crippen MR) is 75.9 cm³/mol. The molecule has 1 aliphatic rings. The maximum Gasteiger partial charge on any atom is 0.292 e. The molecule has 0 bridgehead atoms. The van der Waals surface area contributed by atoms with Crippen molar-refractivity contribution in [2.24, 2.45) is 7.05 Å². The third kappa shape index (κ3) is 2.84. The van der Waals surface area contributed by atoms with E-state index in [1.165, 1.54) is 6.07 Å². The first-order chi connectivity index (χ1) is 10.1. The van der Waals surface area contributed by atoms with Crippen LogP contribution in [0.25, 0.3) is 11.3 Å². The molecule has 110 valence electrons. The lowest BCUT2D eigenvalue weighted by molar-refractivity contribution is -0.383. The highest BCUT2D eigenvalue weighted by Gasteiger charge is 2.21. The summed E-state index contributed by atoms with van der Waals surface area (Å²) in [6.45, 7) is 1.34. The van der Waals surface area contributed by atoms with Crippen molar-refractivity contribution in [3.05, 3.63) is 34.5 Å². The summed E-state index contributed by atoms with van der Waals surface area (Å²) < 4.78 is 6.85. The highest BCUT2D eigenvalue weighted by molar-refractivity contribution is 5.71. The monoisotopic (exact) mass is 289 g/mol. The summed E-state index contributed by atoms with van der Waals surface area (Å²) in [6.07, 6.45) is 2.84. The van der Waals surface area contributed by atoms with E-state index in [2.05, 4.69) is 15.6 Å². The van der Waals surface area contributed by atoms with Crippen LogP contribution >= 0.6 is 0 Å². The molecule has 1 aromatic heterocycles. The molecule has 1 aromatic carbocycles. The van der Waals surface area contributed by atoms with Crippen molar-refractivity contribution in [1.82, 2.24) is 15.0 Å². The molecule has 2 aromatic rings. The average Bonchev–Trinajstić information content (AvgIpc) is 2.83. The molecule has 2 heterocycles. The largest absolute Gasteiger partial charge is 0.377 e. The van der Waals surface area contributed by atoms with E-state index in [0.717, 1.165) is 13.0 Å². The van der Waals surface area contributed by atoms with Crippen LogP contribution < -0.4 is 5.32 Å². The third-order valence-electron chi connectivity index (χ3n) is 3.41. The van der Waals surface area contributed by atoms with Gasteiger partial charge in [-0.25, -0.2) is 0 Å². The quantitative estimate of drug-likeness (QED) is 0.663. The molecule has 1 fully saturated rings. The SMILES string of the molecule is Cn1cc(-c2ccc(NC[C@@H]3CCO3)c([N+](=O)[O-])c2)nn1. The molecule has 1 aliphatic heterocycles. The number of aryl methyl sites for hydroxylation is 1. The van der Waals surface area contributed by atoms with E-state index in [9.17, 15) is 10.1 Å². The number of nitrogens with zero attached hydrogens (tertiary/aromatic N) is 4. The Labute approximate surface area is 120 Å². The molecule has 0 spiro atoms. The van der Waals surface area contributed by atoms with Crippen LogP contribution in [-0.4, -0.2) is 39.2 Å². The lowest BCUT2D eigenvalue weighted by Gasteiger charge is -2.26. The van der Waals surface area contributed by atoms with Gasteiger partial charge < -0.3 is 10.1 Å². The van der Waals surface area contributed by atoms with Gasteiger partial charge in [0.1, 0.15) is 11.4 Å². The summed E-state index contributed by atoms with van der Waals surface area (Å²) in [5.74, 6) is 0. The number of hydrogen-bond donors (Lipinski definition) is 1. The standard InChI is InChI=1S/C13H15N5O3/c1-17-8-12(15-16-17)9-2-3-11(13(6-9)18(19)20)14-7-10-4-5-21-10/h2-3,6,8,10,14H,4-5,7H2,1H3/t10-/m0/s1. The molecule has 1 saturated heterocycles. The average molecular weight is 289 g/mol. The Kier molecular flexibility index (Phi) is 3.53.